The van der Waals surface area contributed by atoms with E-state index >= 15 is 0 Å². The molecule has 1 aliphatic rings. The van der Waals surface area contributed by atoms with Gasteiger partial charge in [-0.2, -0.15) is 11.8 Å². The van der Waals surface area contributed by atoms with Gasteiger partial charge in [0.25, 0.3) is 0 Å². The number of nitrogens with zero attached hydrogens (tertiary/aromatic N) is 2. The molecule has 1 fully saturated rings. The maximum Gasteiger partial charge on any atom is 0.129 e. The van der Waals surface area contributed by atoms with E-state index in [1.54, 1.807) is 0 Å². The van der Waals surface area contributed by atoms with Crippen molar-refractivity contribution in [1.82, 2.24) is 9.97 Å². The van der Waals surface area contributed by atoms with Gasteiger partial charge in [-0.1, -0.05) is 6.92 Å². The number of hydrogen-bond donors (Lipinski definition) is 1. The van der Waals surface area contributed by atoms with Crippen molar-refractivity contribution in [3.05, 3.63) is 17.6 Å². The third kappa shape index (κ3) is 3.11. The molecule has 2 heterocycles. The van der Waals surface area contributed by atoms with Crippen LogP contribution in [0, 0.1) is 12.8 Å². The zero-order chi connectivity index (χ0) is 11.4. The molecule has 1 atom stereocenters. The molecule has 1 aliphatic heterocycles. The number of aryl methyl sites for hydroxylation is 2. The molecule has 4 heteroatoms. The zero-order valence-corrected chi connectivity index (χ0v) is 10.8. The van der Waals surface area contributed by atoms with Gasteiger partial charge in [0, 0.05) is 18.3 Å². The Bertz CT molecular complexity index is 348. The van der Waals surface area contributed by atoms with E-state index in [0.29, 0.717) is 0 Å². The second-order valence-electron chi connectivity index (χ2n) is 4.26. The van der Waals surface area contributed by atoms with Crippen molar-refractivity contribution in [3.63, 3.8) is 0 Å². The van der Waals surface area contributed by atoms with Crippen LogP contribution in [0.4, 0.5) is 5.82 Å². The van der Waals surface area contributed by atoms with Crippen molar-refractivity contribution >= 4 is 17.6 Å². The molecular formula is C12H19N3S. The van der Waals surface area contributed by atoms with E-state index in [2.05, 4.69) is 40.0 Å². The van der Waals surface area contributed by atoms with Gasteiger partial charge in [-0.25, -0.2) is 9.97 Å². The Morgan fingerprint density at radius 2 is 2.38 bits per heavy atom. The highest BCUT2D eigenvalue weighted by Crippen LogP contribution is 2.23. The lowest BCUT2D eigenvalue weighted by molar-refractivity contribution is 0.630. The summed E-state index contributed by atoms with van der Waals surface area (Å²) in [4.78, 5) is 8.79. The molecule has 1 aromatic heterocycles. The molecule has 0 aliphatic carbocycles. The second-order valence-corrected chi connectivity index (χ2v) is 5.41. The average Bonchev–Trinajstić information content (AvgIpc) is 2.78. The fourth-order valence-corrected chi connectivity index (χ4v) is 3.18. The highest BCUT2D eigenvalue weighted by Gasteiger charge is 2.15. The Morgan fingerprint density at radius 1 is 1.50 bits per heavy atom. The summed E-state index contributed by atoms with van der Waals surface area (Å²) < 4.78 is 0. The van der Waals surface area contributed by atoms with E-state index in [0.717, 1.165) is 36.2 Å². The normalized spacial score (nSPS) is 20.0. The smallest absolute Gasteiger partial charge is 0.129 e. The van der Waals surface area contributed by atoms with Gasteiger partial charge in [0.05, 0.1) is 0 Å². The molecule has 0 amide bonds. The second kappa shape index (κ2) is 5.53. The summed E-state index contributed by atoms with van der Waals surface area (Å²) in [5.41, 5.74) is 1.12. The van der Waals surface area contributed by atoms with Gasteiger partial charge >= 0.3 is 0 Å². The summed E-state index contributed by atoms with van der Waals surface area (Å²) in [5, 5.41) is 3.44. The lowest BCUT2D eigenvalue weighted by atomic mass is 10.1. The lowest BCUT2D eigenvalue weighted by Crippen LogP contribution is -2.15. The number of anilines is 1. The monoisotopic (exact) mass is 237 g/mol. The molecule has 0 aromatic carbocycles. The fraction of sp³-hybridized carbons (Fsp3) is 0.667. The highest BCUT2D eigenvalue weighted by atomic mass is 32.2. The SMILES string of the molecule is CCc1cc(NCC2CCSC2)nc(C)n1. The maximum atomic E-state index is 4.41. The van der Waals surface area contributed by atoms with Crippen molar-refractivity contribution in [2.75, 3.05) is 23.4 Å². The van der Waals surface area contributed by atoms with Crippen molar-refractivity contribution in [2.24, 2.45) is 5.92 Å². The summed E-state index contributed by atoms with van der Waals surface area (Å²) in [6.07, 6.45) is 2.31. The van der Waals surface area contributed by atoms with Gasteiger partial charge in [-0.15, -0.1) is 0 Å². The van der Waals surface area contributed by atoms with Crippen LogP contribution in [0.2, 0.25) is 0 Å². The predicted octanol–water partition coefficient (Wildman–Crippen LogP) is 2.51. The van der Waals surface area contributed by atoms with Crippen LogP contribution in [0.5, 0.6) is 0 Å². The van der Waals surface area contributed by atoms with Crippen LogP contribution in [0.1, 0.15) is 24.9 Å². The molecule has 2 rings (SSSR count). The third-order valence-electron chi connectivity index (χ3n) is 2.85. The molecular weight excluding hydrogens is 218 g/mol. The molecule has 16 heavy (non-hydrogen) atoms. The Kier molecular flexibility index (Phi) is 4.04. The van der Waals surface area contributed by atoms with Crippen molar-refractivity contribution in [2.45, 2.75) is 26.7 Å². The molecule has 1 unspecified atom stereocenters. The van der Waals surface area contributed by atoms with Gasteiger partial charge in [0.2, 0.25) is 0 Å². The molecule has 0 radical (unpaired) electrons. The van der Waals surface area contributed by atoms with Crippen molar-refractivity contribution in [3.8, 4) is 0 Å². The van der Waals surface area contributed by atoms with Crippen molar-refractivity contribution in [1.29, 1.82) is 0 Å². The molecule has 1 aromatic rings. The highest BCUT2D eigenvalue weighted by molar-refractivity contribution is 7.99. The van der Waals surface area contributed by atoms with Gasteiger partial charge in [-0.05, 0) is 37.2 Å². The minimum Gasteiger partial charge on any atom is -0.370 e. The van der Waals surface area contributed by atoms with Crippen LogP contribution in [-0.2, 0) is 6.42 Å². The van der Waals surface area contributed by atoms with Gasteiger partial charge in [-0.3, -0.25) is 0 Å². The Balaban J connectivity index is 1.94. The summed E-state index contributed by atoms with van der Waals surface area (Å²) >= 11 is 2.06. The van der Waals surface area contributed by atoms with E-state index in [9.17, 15) is 0 Å². The van der Waals surface area contributed by atoms with E-state index in [4.69, 9.17) is 0 Å². The molecule has 0 bridgehead atoms. The largest absolute Gasteiger partial charge is 0.370 e. The molecule has 0 saturated carbocycles. The first-order valence-corrected chi connectivity index (χ1v) is 7.09. The minimum atomic E-state index is 0.811. The minimum absolute atomic E-state index is 0.811. The third-order valence-corrected chi connectivity index (χ3v) is 4.08. The van der Waals surface area contributed by atoms with Crippen LogP contribution in [0.3, 0.4) is 0 Å². The molecule has 1 N–H and O–H groups in total. The van der Waals surface area contributed by atoms with Crippen LogP contribution >= 0.6 is 11.8 Å². The Morgan fingerprint density at radius 3 is 3.06 bits per heavy atom. The zero-order valence-electron chi connectivity index (χ0n) is 9.99. The van der Waals surface area contributed by atoms with Crippen LogP contribution in [0.15, 0.2) is 6.07 Å². The molecule has 88 valence electrons. The van der Waals surface area contributed by atoms with Crippen LogP contribution in [0.25, 0.3) is 0 Å². The first-order chi connectivity index (χ1) is 7.78. The van der Waals surface area contributed by atoms with Crippen LogP contribution < -0.4 is 5.32 Å². The topological polar surface area (TPSA) is 37.8 Å². The van der Waals surface area contributed by atoms with Crippen LogP contribution in [-0.4, -0.2) is 28.0 Å². The maximum absolute atomic E-state index is 4.41. The van der Waals surface area contributed by atoms with Gasteiger partial charge in [0.1, 0.15) is 11.6 Å². The number of thioether (sulfide) groups is 1. The number of aromatic nitrogens is 2. The van der Waals surface area contributed by atoms with E-state index < -0.39 is 0 Å². The fourth-order valence-electron chi connectivity index (χ4n) is 1.89. The Labute approximate surface area is 101 Å². The summed E-state index contributed by atoms with van der Waals surface area (Å²) in [6.45, 7) is 5.13. The van der Waals surface area contributed by atoms with E-state index in [1.807, 2.05) is 6.92 Å². The average molecular weight is 237 g/mol. The summed E-state index contributed by atoms with van der Waals surface area (Å²) in [6, 6.07) is 2.06. The Hall–Kier alpha value is -0.770. The lowest BCUT2D eigenvalue weighted by Gasteiger charge is -2.11. The number of nitrogens with one attached hydrogen (secondary N) is 1. The summed E-state index contributed by atoms with van der Waals surface area (Å²) in [7, 11) is 0. The molecule has 3 nitrogen and oxygen atoms in total. The van der Waals surface area contributed by atoms with Gasteiger partial charge in [0.15, 0.2) is 0 Å². The first kappa shape index (κ1) is 11.7. The number of hydrogen-bond acceptors (Lipinski definition) is 4. The van der Waals surface area contributed by atoms with E-state index in [1.165, 1.54) is 17.9 Å². The van der Waals surface area contributed by atoms with Gasteiger partial charge < -0.3 is 5.32 Å². The van der Waals surface area contributed by atoms with Crippen molar-refractivity contribution < 1.29 is 0 Å². The van der Waals surface area contributed by atoms with E-state index in [-0.39, 0.29) is 0 Å². The number of rotatable bonds is 4. The molecule has 1 saturated heterocycles. The predicted molar refractivity (Wildman–Crippen MR) is 70.1 cm³/mol. The standard InChI is InChI=1S/C12H19N3S/c1-3-11-6-12(15-9(2)14-11)13-7-10-4-5-16-8-10/h6,10H,3-5,7-8H2,1-2H3,(H,13,14,15). The first-order valence-electron chi connectivity index (χ1n) is 5.94. The molecule has 0 spiro atoms. The summed E-state index contributed by atoms with van der Waals surface area (Å²) in [5.74, 6) is 5.27. The quantitative estimate of drug-likeness (QED) is 0.873.